The quantitative estimate of drug-likeness (QED) is 0.877. The summed E-state index contributed by atoms with van der Waals surface area (Å²) in [5.41, 5.74) is 1.19. The van der Waals surface area contributed by atoms with Crippen LogP contribution in [0.3, 0.4) is 0 Å². The van der Waals surface area contributed by atoms with Crippen molar-refractivity contribution < 1.29 is 9.90 Å². The van der Waals surface area contributed by atoms with Gasteiger partial charge in [-0.25, -0.2) is 9.78 Å². The van der Waals surface area contributed by atoms with E-state index in [9.17, 15) is 4.79 Å². The van der Waals surface area contributed by atoms with Crippen molar-refractivity contribution in [3.8, 4) is 0 Å². The molecule has 0 aliphatic rings. The maximum absolute atomic E-state index is 10.9. The van der Waals surface area contributed by atoms with E-state index in [0.29, 0.717) is 5.82 Å². The number of hydrogen-bond acceptors (Lipinski definition) is 3. The van der Waals surface area contributed by atoms with Crippen LogP contribution in [0, 0.1) is 0 Å². The van der Waals surface area contributed by atoms with Crippen molar-refractivity contribution >= 4 is 17.5 Å². The molecule has 0 saturated carbocycles. The first kappa shape index (κ1) is 11.1. The number of hydrogen-bond donors (Lipinski definition) is 1. The fourth-order valence-electron chi connectivity index (χ4n) is 1.52. The van der Waals surface area contributed by atoms with Gasteiger partial charge in [-0.3, -0.25) is 0 Å². The maximum atomic E-state index is 10.9. The van der Waals surface area contributed by atoms with Crippen LogP contribution in [0.1, 0.15) is 10.4 Å². The molecule has 0 saturated heterocycles. The molecular weight excluding hydrogens is 216 g/mol. The van der Waals surface area contributed by atoms with E-state index in [4.69, 9.17) is 5.11 Å². The molecule has 4 heteroatoms. The Balaban J connectivity index is 2.34. The van der Waals surface area contributed by atoms with E-state index in [0.717, 1.165) is 5.69 Å². The Morgan fingerprint density at radius 3 is 2.59 bits per heavy atom. The number of carboxylic acids is 1. The van der Waals surface area contributed by atoms with Gasteiger partial charge in [-0.1, -0.05) is 18.2 Å². The molecule has 0 aliphatic heterocycles. The second-order valence-corrected chi connectivity index (χ2v) is 3.60. The van der Waals surface area contributed by atoms with Crippen LogP contribution in [0.25, 0.3) is 0 Å². The summed E-state index contributed by atoms with van der Waals surface area (Å²) in [5.74, 6) is -0.341. The fraction of sp³-hybridized carbons (Fsp3) is 0.0769. The largest absolute Gasteiger partial charge is 0.478 e. The molecule has 2 rings (SSSR count). The van der Waals surface area contributed by atoms with Crippen molar-refractivity contribution in [1.29, 1.82) is 0 Å². The third kappa shape index (κ3) is 2.42. The molecule has 1 aromatic heterocycles. The standard InChI is InChI=1S/C13H12N2O2/c1-15(11-5-3-2-4-6-11)12-9-10(13(16)17)7-8-14-12/h2-9H,1H3,(H,16,17). The van der Waals surface area contributed by atoms with Crippen molar-refractivity contribution in [2.24, 2.45) is 0 Å². The Morgan fingerprint density at radius 1 is 1.24 bits per heavy atom. The van der Waals surface area contributed by atoms with Gasteiger partial charge < -0.3 is 10.0 Å². The first-order valence-corrected chi connectivity index (χ1v) is 5.16. The molecule has 1 N–H and O–H groups in total. The summed E-state index contributed by atoms with van der Waals surface area (Å²) < 4.78 is 0. The summed E-state index contributed by atoms with van der Waals surface area (Å²) >= 11 is 0. The number of aromatic carboxylic acids is 1. The smallest absolute Gasteiger partial charge is 0.335 e. The Morgan fingerprint density at radius 2 is 1.94 bits per heavy atom. The van der Waals surface area contributed by atoms with Crippen LogP contribution >= 0.6 is 0 Å². The van der Waals surface area contributed by atoms with Crippen molar-refractivity contribution in [1.82, 2.24) is 4.98 Å². The third-order valence-corrected chi connectivity index (χ3v) is 2.48. The minimum absolute atomic E-state index is 0.234. The second-order valence-electron chi connectivity index (χ2n) is 3.60. The number of anilines is 2. The number of nitrogens with zero attached hydrogens (tertiary/aromatic N) is 2. The summed E-state index contributed by atoms with van der Waals surface area (Å²) in [6.07, 6.45) is 1.50. The molecule has 0 spiro atoms. The van der Waals surface area contributed by atoms with Gasteiger partial charge in [0.1, 0.15) is 5.82 Å². The number of benzene rings is 1. The highest BCUT2D eigenvalue weighted by atomic mass is 16.4. The monoisotopic (exact) mass is 228 g/mol. The van der Waals surface area contributed by atoms with Crippen molar-refractivity contribution in [3.63, 3.8) is 0 Å². The zero-order chi connectivity index (χ0) is 12.3. The molecular formula is C13H12N2O2. The molecule has 0 amide bonds. The Bertz CT molecular complexity index is 526. The topological polar surface area (TPSA) is 53.4 Å². The molecule has 2 aromatic rings. The molecule has 0 fully saturated rings. The van der Waals surface area contributed by atoms with Gasteiger partial charge in [-0.2, -0.15) is 0 Å². The number of carbonyl (C=O) groups is 1. The molecule has 0 aliphatic carbocycles. The molecule has 86 valence electrons. The molecule has 4 nitrogen and oxygen atoms in total. The van der Waals surface area contributed by atoms with Gasteiger partial charge in [-0.05, 0) is 24.3 Å². The summed E-state index contributed by atoms with van der Waals surface area (Å²) in [4.78, 5) is 16.9. The van der Waals surface area contributed by atoms with Crippen LogP contribution in [0.4, 0.5) is 11.5 Å². The number of carboxylic acid groups (broad SMARTS) is 1. The van der Waals surface area contributed by atoms with Gasteiger partial charge in [0.15, 0.2) is 0 Å². The lowest BCUT2D eigenvalue weighted by molar-refractivity contribution is 0.0697. The average Bonchev–Trinajstić information content (AvgIpc) is 2.39. The average molecular weight is 228 g/mol. The van der Waals surface area contributed by atoms with Gasteiger partial charge in [0.05, 0.1) is 5.56 Å². The number of pyridine rings is 1. The minimum atomic E-state index is -0.949. The zero-order valence-electron chi connectivity index (χ0n) is 9.37. The van der Waals surface area contributed by atoms with E-state index >= 15 is 0 Å². The van der Waals surface area contributed by atoms with Gasteiger partial charge in [-0.15, -0.1) is 0 Å². The maximum Gasteiger partial charge on any atom is 0.335 e. The van der Waals surface area contributed by atoms with Crippen molar-refractivity contribution in [2.75, 3.05) is 11.9 Å². The van der Waals surface area contributed by atoms with Gasteiger partial charge in [0.2, 0.25) is 0 Å². The van der Waals surface area contributed by atoms with Crippen molar-refractivity contribution in [2.45, 2.75) is 0 Å². The zero-order valence-corrected chi connectivity index (χ0v) is 9.37. The Kier molecular flexibility index (Phi) is 3.05. The summed E-state index contributed by atoms with van der Waals surface area (Å²) in [7, 11) is 1.85. The molecule has 0 unspecified atom stereocenters. The second kappa shape index (κ2) is 4.65. The van der Waals surface area contributed by atoms with E-state index in [1.54, 1.807) is 6.07 Å². The van der Waals surface area contributed by atoms with Crippen LogP contribution in [-0.2, 0) is 0 Å². The SMILES string of the molecule is CN(c1ccccc1)c1cc(C(=O)O)ccn1. The van der Waals surface area contributed by atoms with Gasteiger partial charge >= 0.3 is 5.97 Å². The van der Waals surface area contributed by atoms with Gasteiger partial charge in [0, 0.05) is 18.9 Å². The highest BCUT2D eigenvalue weighted by molar-refractivity contribution is 5.88. The lowest BCUT2D eigenvalue weighted by Crippen LogP contribution is -2.11. The molecule has 1 heterocycles. The molecule has 0 atom stereocenters. The van der Waals surface area contributed by atoms with Crippen molar-refractivity contribution in [3.05, 3.63) is 54.2 Å². The first-order valence-electron chi connectivity index (χ1n) is 5.16. The fourth-order valence-corrected chi connectivity index (χ4v) is 1.52. The van der Waals surface area contributed by atoms with E-state index < -0.39 is 5.97 Å². The van der Waals surface area contributed by atoms with Crippen LogP contribution < -0.4 is 4.90 Å². The minimum Gasteiger partial charge on any atom is -0.478 e. The van der Waals surface area contributed by atoms with E-state index in [1.165, 1.54) is 12.3 Å². The van der Waals surface area contributed by atoms with E-state index in [-0.39, 0.29) is 5.56 Å². The Hall–Kier alpha value is -2.36. The first-order chi connectivity index (χ1) is 8.18. The predicted molar refractivity (Wildman–Crippen MR) is 65.7 cm³/mol. The summed E-state index contributed by atoms with van der Waals surface area (Å²) in [6.45, 7) is 0. The molecule has 0 radical (unpaired) electrons. The number of aromatic nitrogens is 1. The molecule has 0 bridgehead atoms. The third-order valence-electron chi connectivity index (χ3n) is 2.48. The predicted octanol–water partition coefficient (Wildman–Crippen LogP) is 2.55. The number of rotatable bonds is 3. The number of para-hydroxylation sites is 1. The highest BCUT2D eigenvalue weighted by Gasteiger charge is 2.08. The summed E-state index contributed by atoms with van der Waals surface area (Å²) in [6, 6.07) is 12.7. The Labute approximate surface area is 99.2 Å². The van der Waals surface area contributed by atoms with Crippen LogP contribution in [0.5, 0.6) is 0 Å². The van der Waals surface area contributed by atoms with Gasteiger partial charge in [0.25, 0.3) is 0 Å². The van der Waals surface area contributed by atoms with Crippen LogP contribution in [0.2, 0.25) is 0 Å². The highest BCUT2D eigenvalue weighted by Crippen LogP contribution is 2.21. The van der Waals surface area contributed by atoms with E-state index in [1.807, 2.05) is 42.3 Å². The van der Waals surface area contributed by atoms with Crippen LogP contribution in [0.15, 0.2) is 48.7 Å². The lowest BCUT2D eigenvalue weighted by atomic mass is 10.2. The lowest BCUT2D eigenvalue weighted by Gasteiger charge is -2.18. The normalized spacial score (nSPS) is 9.94. The summed E-state index contributed by atoms with van der Waals surface area (Å²) in [5, 5.41) is 8.92. The van der Waals surface area contributed by atoms with E-state index in [2.05, 4.69) is 4.98 Å². The molecule has 1 aromatic carbocycles. The molecule has 17 heavy (non-hydrogen) atoms. The van der Waals surface area contributed by atoms with Crippen LogP contribution in [-0.4, -0.2) is 23.1 Å².